The number of aromatic nitrogens is 4. The minimum Gasteiger partial charge on any atom is -0.484 e. The van der Waals surface area contributed by atoms with Crippen molar-refractivity contribution in [1.82, 2.24) is 25.1 Å². The van der Waals surface area contributed by atoms with E-state index in [9.17, 15) is 0 Å². The van der Waals surface area contributed by atoms with Gasteiger partial charge in [0.2, 0.25) is 0 Å². The van der Waals surface area contributed by atoms with E-state index in [1.54, 1.807) is 12.5 Å². The largest absolute Gasteiger partial charge is 0.484 e. The molecule has 6 heteroatoms. The summed E-state index contributed by atoms with van der Waals surface area (Å²) in [6, 6.07) is 3.89. The van der Waals surface area contributed by atoms with Gasteiger partial charge in [-0.1, -0.05) is 6.92 Å². The SMILES string of the molecule is CCCNCc1ccc(OCc2nncn2C)cn1. The number of pyridine rings is 1. The normalized spacial score (nSPS) is 10.6. The van der Waals surface area contributed by atoms with Gasteiger partial charge in [-0.2, -0.15) is 0 Å². The van der Waals surface area contributed by atoms with Crippen molar-refractivity contribution >= 4 is 0 Å². The quantitative estimate of drug-likeness (QED) is 0.761. The highest BCUT2D eigenvalue weighted by molar-refractivity contribution is 5.19. The van der Waals surface area contributed by atoms with Crippen LogP contribution in [0.5, 0.6) is 5.75 Å². The molecular formula is C13H19N5O. The first-order valence-corrected chi connectivity index (χ1v) is 6.41. The fourth-order valence-electron chi connectivity index (χ4n) is 1.58. The number of hydrogen-bond acceptors (Lipinski definition) is 5. The summed E-state index contributed by atoms with van der Waals surface area (Å²) >= 11 is 0. The van der Waals surface area contributed by atoms with Crippen molar-refractivity contribution in [1.29, 1.82) is 0 Å². The Morgan fingerprint density at radius 3 is 2.89 bits per heavy atom. The Bertz CT molecular complexity index is 494. The molecule has 2 rings (SSSR count). The summed E-state index contributed by atoms with van der Waals surface area (Å²) in [5, 5.41) is 11.1. The van der Waals surface area contributed by atoms with Crippen molar-refractivity contribution in [2.45, 2.75) is 26.5 Å². The molecular weight excluding hydrogens is 242 g/mol. The molecule has 102 valence electrons. The van der Waals surface area contributed by atoms with Crippen LogP contribution in [0.3, 0.4) is 0 Å². The molecule has 0 bridgehead atoms. The van der Waals surface area contributed by atoms with Gasteiger partial charge in [-0.05, 0) is 25.1 Å². The first-order chi connectivity index (χ1) is 9.29. The van der Waals surface area contributed by atoms with Crippen molar-refractivity contribution < 1.29 is 4.74 Å². The molecule has 0 aliphatic heterocycles. The van der Waals surface area contributed by atoms with Gasteiger partial charge in [0, 0.05) is 13.6 Å². The number of aryl methyl sites for hydroxylation is 1. The van der Waals surface area contributed by atoms with Crippen LogP contribution in [0.1, 0.15) is 24.9 Å². The Kier molecular flexibility index (Phi) is 4.85. The lowest BCUT2D eigenvalue weighted by molar-refractivity contribution is 0.290. The van der Waals surface area contributed by atoms with E-state index >= 15 is 0 Å². The number of hydrogen-bond donors (Lipinski definition) is 1. The van der Waals surface area contributed by atoms with Crippen molar-refractivity contribution in [2.24, 2.45) is 7.05 Å². The highest BCUT2D eigenvalue weighted by Crippen LogP contribution is 2.10. The topological polar surface area (TPSA) is 64.9 Å². The molecule has 0 unspecified atom stereocenters. The molecule has 0 aliphatic rings. The molecule has 2 heterocycles. The maximum atomic E-state index is 5.61. The van der Waals surface area contributed by atoms with Gasteiger partial charge in [0.05, 0.1) is 11.9 Å². The van der Waals surface area contributed by atoms with E-state index in [0.717, 1.165) is 36.8 Å². The molecule has 0 fully saturated rings. The summed E-state index contributed by atoms with van der Waals surface area (Å²) < 4.78 is 7.44. The lowest BCUT2D eigenvalue weighted by atomic mass is 10.3. The Morgan fingerprint density at radius 1 is 1.37 bits per heavy atom. The fourth-order valence-corrected chi connectivity index (χ4v) is 1.58. The molecule has 0 amide bonds. The Balaban J connectivity index is 1.83. The van der Waals surface area contributed by atoms with E-state index < -0.39 is 0 Å². The zero-order valence-corrected chi connectivity index (χ0v) is 11.3. The second-order valence-corrected chi connectivity index (χ2v) is 4.31. The molecule has 0 aromatic carbocycles. The summed E-state index contributed by atoms with van der Waals surface area (Å²) in [6.07, 6.45) is 4.51. The summed E-state index contributed by atoms with van der Waals surface area (Å²) in [7, 11) is 1.89. The Morgan fingerprint density at radius 2 is 2.26 bits per heavy atom. The van der Waals surface area contributed by atoms with Crippen molar-refractivity contribution in [2.75, 3.05) is 6.54 Å². The smallest absolute Gasteiger partial charge is 0.170 e. The maximum absolute atomic E-state index is 5.61. The van der Waals surface area contributed by atoms with E-state index in [1.807, 2.05) is 23.7 Å². The van der Waals surface area contributed by atoms with Gasteiger partial charge in [-0.3, -0.25) is 4.98 Å². The predicted octanol–water partition coefficient (Wildman–Crippen LogP) is 1.29. The van der Waals surface area contributed by atoms with Crippen molar-refractivity contribution in [3.8, 4) is 5.75 Å². The first-order valence-electron chi connectivity index (χ1n) is 6.41. The zero-order valence-electron chi connectivity index (χ0n) is 11.3. The van der Waals surface area contributed by atoms with Gasteiger partial charge >= 0.3 is 0 Å². The highest BCUT2D eigenvalue weighted by atomic mass is 16.5. The molecule has 0 atom stereocenters. The summed E-state index contributed by atoms with van der Waals surface area (Å²) in [6.45, 7) is 4.33. The molecule has 19 heavy (non-hydrogen) atoms. The number of ether oxygens (including phenoxy) is 1. The van der Waals surface area contributed by atoms with E-state index in [-0.39, 0.29) is 0 Å². The summed E-state index contributed by atoms with van der Waals surface area (Å²) in [5.41, 5.74) is 1.01. The Labute approximate surface area is 112 Å². The van der Waals surface area contributed by atoms with Crippen LogP contribution in [0.4, 0.5) is 0 Å². The van der Waals surface area contributed by atoms with Gasteiger partial charge in [0.15, 0.2) is 5.82 Å². The van der Waals surface area contributed by atoms with Gasteiger partial charge in [-0.25, -0.2) is 0 Å². The number of nitrogens with one attached hydrogen (secondary N) is 1. The maximum Gasteiger partial charge on any atom is 0.170 e. The van der Waals surface area contributed by atoms with Crippen molar-refractivity contribution in [3.05, 3.63) is 36.2 Å². The van der Waals surface area contributed by atoms with Crippen LogP contribution in [0.25, 0.3) is 0 Å². The van der Waals surface area contributed by atoms with Crippen LogP contribution in [0.2, 0.25) is 0 Å². The van der Waals surface area contributed by atoms with Crippen LogP contribution in [0, 0.1) is 0 Å². The van der Waals surface area contributed by atoms with Gasteiger partial charge in [-0.15, -0.1) is 10.2 Å². The third-order valence-electron chi connectivity index (χ3n) is 2.70. The average Bonchev–Trinajstić information content (AvgIpc) is 2.84. The molecule has 1 N–H and O–H groups in total. The third kappa shape index (κ3) is 4.03. The van der Waals surface area contributed by atoms with E-state index in [1.165, 1.54) is 0 Å². The average molecular weight is 261 g/mol. The second kappa shape index (κ2) is 6.84. The van der Waals surface area contributed by atoms with Crippen LogP contribution in [-0.4, -0.2) is 26.3 Å². The lowest BCUT2D eigenvalue weighted by Crippen LogP contribution is -2.14. The van der Waals surface area contributed by atoms with Gasteiger partial charge < -0.3 is 14.6 Å². The summed E-state index contributed by atoms with van der Waals surface area (Å²) in [5.74, 6) is 1.52. The van der Waals surface area contributed by atoms with Gasteiger partial charge in [0.1, 0.15) is 18.7 Å². The van der Waals surface area contributed by atoms with Gasteiger partial charge in [0.25, 0.3) is 0 Å². The molecule has 6 nitrogen and oxygen atoms in total. The fraction of sp³-hybridized carbons (Fsp3) is 0.462. The predicted molar refractivity (Wildman–Crippen MR) is 71.6 cm³/mol. The summed E-state index contributed by atoms with van der Waals surface area (Å²) in [4.78, 5) is 4.34. The van der Waals surface area contributed by atoms with Crippen LogP contribution in [-0.2, 0) is 20.2 Å². The van der Waals surface area contributed by atoms with E-state index in [4.69, 9.17) is 4.74 Å². The standard InChI is InChI=1S/C13H19N5O/c1-3-6-14-7-11-4-5-12(8-15-11)19-9-13-17-16-10-18(13)2/h4-5,8,10,14H,3,6-7,9H2,1-2H3. The minimum absolute atomic E-state index is 0.394. The first kappa shape index (κ1) is 13.5. The third-order valence-corrected chi connectivity index (χ3v) is 2.70. The molecule has 0 spiro atoms. The lowest BCUT2D eigenvalue weighted by Gasteiger charge is -2.06. The molecule has 0 aliphatic carbocycles. The monoisotopic (exact) mass is 261 g/mol. The zero-order chi connectivity index (χ0) is 13.5. The molecule has 0 radical (unpaired) electrons. The van der Waals surface area contributed by atoms with Crippen molar-refractivity contribution in [3.63, 3.8) is 0 Å². The highest BCUT2D eigenvalue weighted by Gasteiger charge is 2.02. The molecule has 0 saturated carbocycles. The number of nitrogens with zero attached hydrogens (tertiary/aromatic N) is 4. The second-order valence-electron chi connectivity index (χ2n) is 4.31. The minimum atomic E-state index is 0.394. The van der Waals surface area contributed by atoms with E-state index in [2.05, 4.69) is 27.4 Å². The molecule has 2 aromatic rings. The Hall–Kier alpha value is -1.95. The molecule has 0 saturated heterocycles. The van der Waals surface area contributed by atoms with Crippen LogP contribution >= 0.6 is 0 Å². The van der Waals surface area contributed by atoms with Crippen LogP contribution in [0.15, 0.2) is 24.7 Å². The van der Waals surface area contributed by atoms with Crippen LogP contribution < -0.4 is 10.1 Å². The van der Waals surface area contributed by atoms with E-state index in [0.29, 0.717) is 6.61 Å². The molecule has 2 aromatic heterocycles. The number of rotatable bonds is 7.